The fourth-order valence-corrected chi connectivity index (χ4v) is 4.97. The number of imidazole rings is 1. The van der Waals surface area contributed by atoms with Gasteiger partial charge in [0, 0.05) is 22.5 Å². The minimum atomic E-state index is 0.0640. The maximum absolute atomic E-state index is 6.20. The smallest absolute Gasteiger partial charge is 0.106 e. The molecule has 0 aliphatic heterocycles. The Morgan fingerprint density at radius 2 is 1.26 bits per heavy atom. The third-order valence-electron chi connectivity index (χ3n) is 6.53. The van der Waals surface area contributed by atoms with E-state index in [4.69, 9.17) is 28.2 Å². The van der Waals surface area contributed by atoms with Crippen LogP contribution >= 0.6 is 23.2 Å². The Morgan fingerprint density at radius 1 is 0.706 bits per heavy atom. The molecule has 1 atom stereocenters. The Bertz CT molecular complexity index is 1360. The van der Waals surface area contributed by atoms with Crippen molar-refractivity contribution in [3.8, 4) is 0 Å². The van der Waals surface area contributed by atoms with Gasteiger partial charge in [-0.3, -0.25) is 0 Å². The van der Waals surface area contributed by atoms with E-state index in [0.717, 1.165) is 33.4 Å². The van der Waals surface area contributed by atoms with Crippen molar-refractivity contribution >= 4 is 34.2 Å². The van der Waals surface area contributed by atoms with Gasteiger partial charge in [-0.1, -0.05) is 90.8 Å². The van der Waals surface area contributed by atoms with Gasteiger partial charge in [-0.2, -0.15) is 0 Å². The number of benzene rings is 4. The van der Waals surface area contributed by atoms with Crippen LogP contribution in [0.25, 0.3) is 11.0 Å². The number of hydrogen-bond donors (Lipinski definition) is 0. The van der Waals surface area contributed by atoms with E-state index in [0.29, 0.717) is 5.92 Å². The van der Waals surface area contributed by atoms with Gasteiger partial charge >= 0.3 is 0 Å². The first-order chi connectivity index (χ1) is 16.5. The second-order valence-corrected chi connectivity index (χ2v) is 9.74. The van der Waals surface area contributed by atoms with Crippen LogP contribution in [0.15, 0.2) is 97.1 Å². The molecule has 0 unspecified atom stereocenters. The van der Waals surface area contributed by atoms with Crippen molar-refractivity contribution < 1.29 is 0 Å². The van der Waals surface area contributed by atoms with E-state index in [1.807, 2.05) is 24.3 Å². The van der Waals surface area contributed by atoms with Gasteiger partial charge in [0.1, 0.15) is 5.82 Å². The normalized spacial score (nSPS) is 12.4. The fraction of sp³-hybridized carbons (Fsp3) is 0.167. The lowest BCUT2D eigenvalue weighted by molar-refractivity contribution is 0.597. The molecule has 4 heteroatoms. The van der Waals surface area contributed by atoms with Gasteiger partial charge in [0.05, 0.1) is 11.0 Å². The van der Waals surface area contributed by atoms with Crippen molar-refractivity contribution in [1.29, 1.82) is 0 Å². The monoisotopic (exact) mass is 484 g/mol. The second kappa shape index (κ2) is 9.66. The highest BCUT2D eigenvalue weighted by molar-refractivity contribution is 6.30. The van der Waals surface area contributed by atoms with Gasteiger partial charge in [-0.15, -0.1) is 0 Å². The van der Waals surface area contributed by atoms with Crippen molar-refractivity contribution in [1.82, 2.24) is 9.55 Å². The van der Waals surface area contributed by atoms with Crippen LogP contribution in [0.4, 0.5) is 0 Å². The third kappa shape index (κ3) is 4.61. The SMILES string of the molecule is Cc1nc2ccc(C(c3ccc(Cl)cc3)c3ccc(Cl)cc3)cc2n1C[C@@H](C)c1ccccc1. The van der Waals surface area contributed by atoms with Crippen molar-refractivity contribution in [2.75, 3.05) is 0 Å². The van der Waals surface area contributed by atoms with Crippen LogP contribution in [0.2, 0.25) is 10.0 Å². The molecule has 0 amide bonds. The molecule has 0 saturated heterocycles. The van der Waals surface area contributed by atoms with E-state index in [9.17, 15) is 0 Å². The van der Waals surface area contributed by atoms with Gasteiger partial charge < -0.3 is 4.57 Å². The maximum Gasteiger partial charge on any atom is 0.106 e. The molecule has 0 aliphatic carbocycles. The number of hydrogen-bond acceptors (Lipinski definition) is 1. The van der Waals surface area contributed by atoms with Crippen LogP contribution in [0.3, 0.4) is 0 Å². The van der Waals surface area contributed by atoms with E-state index in [1.165, 1.54) is 22.3 Å². The molecule has 0 spiro atoms. The Labute approximate surface area is 210 Å². The number of nitrogens with zero attached hydrogens (tertiary/aromatic N) is 2. The molecule has 5 aromatic rings. The topological polar surface area (TPSA) is 17.8 Å². The molecular weight excluding hydrogens is 459 g/mol. The molecule has 1 aromatic heterocycles. The highest BCUT2D eigenvalue weighted by Crippen LogP contribution is 2.35. The summed E-state index contributed by atoms with van der Waals surface area (Å²) in [7, 11) is 0. The Morgan fingerprint density at radius 3 is 1.85 bits per heavy atom. The molecule has 34 heavy (non-hydrogen) atoms. The maximum atomic E-state index is 6.20. The van der Waals surface area contributed by atoms with E-state index < -0.39 is 0 Å². The zero-order valence-corrected chi connectivity index (χ0v) is 20.8. The first kappa shape index (κ1) is 22.7. The number of fused-ring (bicyclic) bond motifs is 1. The molecule has 1 heterocycles. The summed E-state index contributed by atoms with van der Waals surface area (Å²) < 4.78 is 2.34. The predicted octanol–water partition coefficient (Wildman–Crippen LogP) is 8.64. The van der Waals surface area contributed by atoms with Gasteiger partial charge in [0.2, 0.25) is 0 Å². The zero-order chi connectivity index (χ0) is 23.7. The summed E-state index contributed by atoms with van der Waals surface area (Å²) in [5.74, 6) is 1.47. The fourth-order valence-electron chi connectivity index (χ4n) is 4.72. The number of halogens is 2. The zero-order valence-electron chi connectivity index (χ0n) is 19.2. The van der Waals surface area contributed by atoms with Crippen molar-refractivity contribution in [2.24, 2.45) is 0 Å². The molecule has 2 nitrogen and oxygen atoms in total. The van der Waals surface area contributed by atoms with Gasteiger partial charge in [0.15, 0.2) is 0 Å². The third-order valence-corrected chi connectivity index (χ3v) is 7.03. The molecular formula is C30H26Cl2N2. The van der Waals surface area contributed by atoms with Gasteiger partial charge in [0.25, 0.3) is 0 Å². The van der Waals surface area contributed by atoms with E-state index >= 15 is 0 Å². The number of rotatable bonds is 6. The van der Waals surface area contributed by atoms with Crippen molar-refractivity contribution in [3.05, 3.63) is 135 Å². The summed E-state index contributed by atoms with van der Waals surface area (Å²) in [6, 6.07) is 33.5. The molecule has 4 aromatic carbocycles. The lowest BCUT2D eigenvalue weighted by atomic mass is 9.85. The lowest BCUT2D eigenvalue weighted by Gasteiger charge is -2.20. The Kier molecular flexibility index (Phi) is 6.45. The molecule has 0 bridgehead atoms. The van der Waals surface area contributed by atoms with Crippen LogP contribution in [-0.4, -0.2) is 9.55 Å². The second-order valence-electron chi connectivity index (χ2n) is 8.87. The first-order valence-corrected chi connectivity index (χ1v) is 12.3. The molecule has 0 N–H and O–H groups in total. The first-order valence-electron chi connectivity index (χ1n) is 11.5. The van der Waals surface area contributed by atoms with Crippen LogP contribution in [-0.2, 0) is 6.54 Å². The molecule has 0 fully saturated rings. The van der Waals surface area contributed by atoms with Crippen molar-refractivity contribution in [2.45, 2.75) is 32.2 Å². The van der Waals surface area contributed by atoms with E-state index in [-0.39, 0.29) is 5.92 Å². The van der Waals surface area contributed by atoms with Crippen LogP contribution in [0, 0.1) is 6.92 Å². The summed E-state index contributed by atoms with van der Waals surface area (Å²) in [6.07, 6.45) is 0. The van der Waals surface area contributed by atoms with Gasteiger partial charge in [-0.25, -0.2) is 4.98 Å². The standard InChI is InChI=1S/C30H26Cl2N2/c1-20(22-6-4-3-5-7-22)19-34-21(2)33-28-17-12-25(18-29(28)34)30(23-8-13-26(31)14-9-23)24-10-15-27(32)16-11-24/h3-18,20,30H,19H2,1-2H3/t20-/m1/s1. The average molecular weight is 485 g/mol. The average Bonchev–Trinajstić information content (AvgIpc) is 3.16. The molecule has 5 rings (SSSR count). The Hall–Kier alpha value is -3.07. The lowest BCUT2D eigenvalue weighted by Crippen LogP contribution is -2.08. The summed E-state index contributed by atoms with van der Waals surface area (Å²) >= 11 is 12.4. The largest absolute Gasteiger partial charge is 0.328 e. The Balaban J connectivity index is 1.60. The minimum absolute atomic E-state index is 0.0640. The van der Waals surface area contributed by atoms with Crippen LogP contribution < -0.4 is 0 Å². The highest BCUT2D eigenvalue weighted by Gasteiger charge is 2.20. The summed E-state index contributed by atoms with van der Waals surface area (Å²) in [5, 5.41) is 1.47. The highest BCUT2D eigenvalue weighted by atomic mass is 35.5. The summed E-state index contributed by atoms with van der Waals surface area (Å²) in [5.41, 5.74) is 7.10. The minimum Gasteiger partial charge on any atom is -0.328 e. The molecule has 0 aliphatic rings. The summed E-state index contributed by atoms with van der Waals surface area (Å²) in [4.78, 5) is 4.86. The predicted molar refractivity (Wildman–Crippen MR) is 143 cm³/mol. The van der Waals surface area contributed by atoms with E-state index in [2.05, 4.69) is 91.2 Å². The van der Waals surface area contributed by atoms with E-state index in [1.54, 1.807) is 0 Å². The molecule has 0 radical (unpaired) electrons. The summed E-state index contributed by atoms with van der Waals surface area (Å²) in [6.45, 7) is 5.24. The van der Waals surface area contributed by atoms with Crippen molar-refractivity contribution in [3.63, 3.8) is 0 Å². The molecule has 0 saturated carbocycles. The quantitative estimate of drug-likeness (QED) is 0.220. The number of aromatic nitrogens is 2. The van der Waals surface area contributed by atoms with Gasteiger partial charge in [-0.05, 0) is 71.5 Å². The number of aryl methyl sites for hydroxylation is 1. The van der Waals surface area contributed by atoms with Crippen LogP contribution in [0.1, 0.15) is 46.8 Å². The van der Waals surface area contributed by atoms with Crippen LogP contribution in [0.5, 0.6) is 0 Å². The molecule has 170 valence electrons.